The van der Waals surface area contributed by atoms with E-state index in [1.807, 2.05) is 0 Å². The van der Waals surface area contributed by atoms with Crippen molar-refractivity contribution in [1.82, 2.24) is 0 Å². The second kappa shape index (κ2) is 5.45. The van der Waals surface area contributed by atoms with Crippen LogP contribution in [-0.2, 0) is 10.0 Å². The molecule has 8 heteroatoms. The Kier molecular flexibility index (Phi) is 4.02. The van der Waals surface area contributed by atoms with Gasteiger partial charge in [0.05, 0.1) is 5.69 Å². The second-order valence-electron chi connectivity index (χ2n) is 4.47. The molecule has 1 aromatic carbocycles. The lowest BCUT2D eigenvalue weighted by molar-refractivity contribution is 0.0701. The van der Waals surface area contributed by atoms with Gasteiger partial charge in [-0.3, -0.25) is 4.72 Å². The number of aromatic carboxylic acids is 1. The summed E-state index contributed by atoms with van der Waals surface area (Å²) in [6, 6.07) is 5.35. The summed E-state index contributed by atoms with van der Waals surface area (Å²) in [6.07, 6.45) is 0. The summed E-state index contributed by atoms with van der Waals surface area (Å²) in [5.74, 6) is -1.88. The summed E-state index contributed by atoms with van der Waals surface area (Å²) in [5.41, 5.74) is 0.830. The summed E-state index contributed by atoms with van der Waals surface area (Å²) in [4.78, 5) is 10.9. The lowest BCUT2D eigenvalue weighted by atomic mass is 10.2. The number of thiophene rings is 1. The van der Waals surface area contributed by atoms with Crippen molar-refractivity contribution in [2.45, 2.75) is 18.1 Å². The molecule has 0 saturated carbocycles. The Morgan fingerprint density at radius 2 is 1.95 bits per heavy atom. The number of rotatable bonds is 4. The van der Waals surface area contributed by atoms with Crippen LogP contribution in [0.5, 0.6) is 0 Å². The molecule has 0 aliphatic carbocycles. The van der Waals surface area contributed by atoms with Crippen molar-refractivity contribution in [1.29, 1.82) is 0 Å². The third kappa shape index (κ3) is 3.22. The SMILES string of the molecule is Cc1ccc(NS(=O)(=O)c2cc(C)c(C(=O)O)s2)c(F)c1. The smallest absolute Gasteiger partial charge is 0.346 e. The highest BCUT2D eigenvalue weighted by atomic mass is 32.2. The molecule has 1 heterocycles. The molecule has 5 nitrogen and oxygen atoms in total. The van der Waals surface area contributed by atoms with Gasteiger partial charge in [-0.2, -0.15) is 0 Å². The van der Waals surface area contributed by atoms with E-state index in [0.29, 0.717) is 22.5 Å². The molecule has 2 N–H and O–H groups in total. The molecule has 0 fully saturated rings. The monoisotopic (exact) mass is 329 g/mol. The van der Waals surface area contributed by atoms with Crippen LogP contribution >= 0.6 is 11.3 Å². The van der Waals surface area contributed by atoms with Gasteiger partial charge in [0, 0.05) is 0 Å². The fraction of sp³-hybridized carbons (Fsp3) is 0.154. The van der Waals surface area contributed by atoms with Crippen LogP contribution < -0.4 is 4.72 Å². The fourth-order valence-electron chi connectivity index (χ4n) is 1.70. The Balaban J connectivity index is 2.38. The van der Waals surface area contributed by atoms with Gasteiger partial charge in [0.15, 0.2) is 0 Å². The van der Waals surface area contributed by atoms with Gasteiger partial charge in [0.2, 0.25) is 0 Å². The zero-order chi connectivity index (χ0) is 15.8. The molecular formula is C13H12FNO4S2. The van der Waals surface area contributed by atoms with Crippen LogP contribution in [0, 0.1) is 19.7 Å². The molecule has 21 heavy (non-hydrogen) atoms. The van der Waals surface area contributed by atoms with Crippen molar-refractivity contribution in [3.63, 3.8) is 0 Å². The number of nitrogens with one attached hydrogen (secondary N) is 1. The van der Waals surface area contributed by atoms with Crippen LogP contribution in [0.3, 0.4) is 0 Å². The number of carboxylic acids is 1. The molecule has 0 unspecified atom stereocenters. The molecule has 0 spiro atoms. The molecule has 2 aromatic rings. The third-order valence-corrected chi connectivity index (χ3v) is 5.79. The first-order chi connectivity index (χ1) is 9.70. The van der Waals surface area contributed by atoms with Gasteiger partial charge in [-0.05, 0) is 43.2 Å². The summed E-state index contributed by atoms with van der Waals surface area (Å²) >= 11 is 0.630. The Labute approximate surface area is 125 Å². The maximum absolute atomic E-state index is 13.7. The van der Waals surface area contributed by atoms with Gasteiger partial charge in [-0.1, -0.05) is 6.07 Å². The first-order valence-corrected chi connectivity index (χ1v) is 8.13. The first kappa shape index (κ1) is 15.5. The number of halogens is 1. The average Bonchev–Trinajstić information content (AvgIpc) is 2.76. The van der Waals surface area contributed by atoms with Gasteiger partial charge in [-0.25, -0.2) is 17.6 Å². The highest BCUT2D eigenvalue weighted by Gasteiger charge is 2.22. The summed E-state index contributed by atoms with van der Waals surface area (Å²) in [5, 5.41) is 8.94. The van der Waals surface area contributed by atoms with Crippen LogP contribution in [0.1, 0.15) is 20.8 Å². The van der Waals surface area contributed by atoms with Gasteiger partial charge in [-0.15, -0.1) is 11.3 Å². The van der Waals surface area contributed by atoms with E-state index in [1.54, 1.807) is 13.0 Å². The van der Waals surface area contributed by atoms with Crippen molar-refractivity contribution in [2.75, 3.05) is 4.72 Å². The number of benzene rings is 1. The van der Waals surface area contributed by atoms with Gasteiger partial charge in [0.1, 0.15) is 14.9 Å². The van der Waals surface area contributed by atoms with Gasteiger partial charge < -0.3 is 5.11 Å². The summed E-state index contributed by atoms with van der Waals surface area (Å²) < 4.78 is 40.0. The molecule has 0 aliphatic heterocycles. The zero-order valence-corrected chi connectivity index (χ0v) is 12.8. The molecule has 0 bridgehead atoms. The highest BCUT2D eigenvalue weighted by Crippen LogP contribution is 2.28. The van der Waals surface area contributed by atoms with E-state index in [1.165, 1.54) is 25.1 Å². The van der Waals surface area contributed by atoms with Crippen molar-refractivity contribution in [3.05, 3.63) is 46.1 Å². The standard InChI is InChI=1S/C13H12FNO4S2/c1-7-3-4-10(9(14)5-7)15-21(18,19)11-6-8(2)12(20-11)13(16)17/h3-6,15H,1-2H3,(H,16,17). The number of hydrogen-bond donors (Lipinski definition) is 2. The lowest BCUT2D eigenvalue weighted by Gasteiger charge is -2.07. The Hall–Kier alpha value is -1.93. The minimum Gasteiger partial charge on any atom is -0.477 e. The quantitative estimate of drug-likeness (QED) is 0.903. The molecule has 1 aromatic heterocycles. The maximum atomic E-state index is 13.7. The lowest BCUT2D eigenvalue weighted by Crippen LogP contribution is -2.12. The second-order valence-corrected chi connectivity index (χ2v) is 7.43. The Morgan fingerprint density at radius 1 is 1.29 bits per heavy atom. The summed E-state index contributed by atoms with van der Waals surface area (Å²) in [6.45, 7) is 3.19. The van der Waals surface area contributed by atoms with Crippen molar-refractivity contribution in [2.24, 2.45) is 0 Å². The number of carbonyl (C=O) groups is 1. The molecule has 0 saturated heterocycles. The number of sulfonamides is 1. The maximum Gasteiger partial charge on any atom is 0.346 e. The van der Waals surface area contributed by atoms with Crippen LogP contribution in [0.4, 0.5) is 10.1 Å². The molecule has 0 aliphatic rings. The molecule has 2 rings (SSSR count). The van der Waals surface area contributed by atoms with Gasteiger partial charge in [0.25, 0.3) is 10.0 Å². The molecule has 112 valence electrons. The average molecular weight is 329 g/mol. The van der Waals surface area contributed by atoms with E-state index < -0.39 is 21.8 Å². The Bertz CT molecular complexity index is 812. The van der Waals surface area contributed by atoms with Crippen molar-refractivity contribution in [3.8, 4) is 0 Å². The van der Waals surface area contributed by atoms with Crippen LogP contribution in [0.2, 0.25) is 0 Å². The van der Waals surface area contributed by atoms with E-state index in [2.05, 4.69) is 4.72 Å². The van der Waals surface area contributed by atoms with Crippen molar-refractivity contribution < 1.29 is 22.7 Å². The minimum absolute atomic E-state index is 0.0558. The normalized spacial score (nSPS) is 11.4. The predicted octanol–water partition coefficient (Wildman–Crippen LogP) is 3.00. The van der Waals surface area contributed by atoms with Crippen LogP contribution in [-0.4, -0.2) is 19.5 Å². The number of hydrogen-bond acceptors (Lipinski definition) is 4. The number of aryl methyl sites for hydroxylation is 2. The zero-order valence-electron chi connectivity index (χ0n) is 11.2. The third-order valence-electron chi connectivity index (χ3n) is 2.72. The largest absolute Gasteiger partial charge is 0.477 e. The number of anilines is 1. The Morgan fingerprint density at radius 3 is 2.48 bits per heavy atom. The van der Waals surface area contributed by atoms with Crippen molar-refractivity contribution >= 4 is 33.0 Å². The highest BCUT2D eigenvalue weighted by molar-refractivity contribution is 7.94. The summed E-state index contributed by atoms with van der Waals surface area (Å²) in [7, 11) is -4.02. The van der Waals surface area contributed by atoms with Gasteiger partial charge >= 0.3 is 5.97 Å². The first-order valence-electron chi connectivity index (χ1n) is 5.83. The number of carboxylic acid groups (broad SMARTS) is 1. The van der Waals surface area contributed by atoms with E-state index in [9.17, 15) is 17.6 Å². The van der Waals surface area contributed by atoms with Crippen LogP contribution in [0.25, 0.3) is 0 Å². The molecular weight excluding hydrogens is 317 g/mol. The fourth-order valence-corrected chi connectivity index (χ4v) is 4.14. The molecule has 0 radical (unpaired) electrons. The molecule has 0 atom stereocenters. The molecule has 0 amide bonds. The van der Waals surface area contributed by atoms with E-state index in [0.717, 1.165) is 0 Å². The van der Waals surface area contributed by atoms with E-state index in [-0.39, 0.29) is 14.8 Å². The topological polar surface area (TPSA) is 83.5 Å². The van der Waals surface area contributed by atoms with Crippen LogP contribution in [0.15, 0.2) is 28.5 Å². The van der Waals surface area contributed by atoms with E-state index in [4.69, 9.17) is 5.11 Å². The minimum atomic E-state index is -4.02. The van der Waals surface area contributed by atoms with E-state index >= 15 is 0 Å². The predicted molar refractivity (Wildman–Crippen MR) is 78.0 cm³/mol.